The number of halogens is 1. The van der Waals surface area contributed by atoms with Gasteiger partial charge >= 0.3 is 0 Å². The molecule has 1 heterocycles. The molecule has 1 atom stereocenters. The first-order valence-electron chi connectivity index (χ1n) is 7.21. The van der Waals surface area contributed by atoms with Crippen LogP contribution in [0.3, 0.4) is 0 Å². The number of benzene rings is 1. The molecule has 0 amide bonds. The molecule has 0 bridgehead atoms. The molecular weight excluding hydrogens is 267 g/mol. The van der Waals surface area contributed by atoms with Crippen LogP contribution >= 0.6 is 0 Å². The van der Waals surface area contributed by atoms with Gasteiger partial charge in [-0.3, -0.25) is 0 Å². The van der Waals surface area contributed by atoms with Crippen molar-refractivity contribution in [2.24, 2.45) is 0 Å². The van der Waals surface area contributed by atoms with E-state index < -0.39 is 0 Å². The molecule has 3 nitrogen and oxygen atoms in total. The summed E-state index contributed by atoms with van der Waals surface area (Å²) in [4.78, 5) is 4.25. The van der Waals surface area contributed by atoms with Crippen molar-refractivity contribution in [1.29, 1.82) is 0 Å². The minimum atomic E-state index is -0.208. The van der Waals surface area contributed by atoms with Crippen LogP contribution in [0.15, 0.2) is 42.6 Å². The monoisotopic (exact) mass is 288 g/mol. The molecular formula is C17H21FN2O. The third kappa shape index (κ3) is 4.26. The fourth-order valence-electron chi connectivity index (χ4n) is 2.35. The second-order valence-electron chi connectivity index (χ2n) is 4.94. The number of methoxy groups -OCH3 is 1. The Morgan fingerprint density at radius 2 is 2.14 bits per heavy atom. The second-order valence-corrected chi connectivity index (χ2v) is 4.94. The van der Waals surface area contributed by atoms with Crippen molar-refractivity contribution in [2.45, 2.75) is 25.8 Å². The highest BCUT2D eigenvalue weighted by Crippen LogP contribution is 2.25. The Hall–Kier alpha value is -1.94. The van der Waals surface area contributed by atoms with Crippen molar-refractivity contribution in [3.05, 3.63) is 59.5 Å². The van der Waals surface area contributed by atoms with Gasteiger partial charge in [0.1, 0.15) is 5.82 Å². The van der Waals surface area contributed by atoms with Crippen LogP contribution in [0.4, 0.5) is 4.39 Å². The van der Waals surface area contributed by atoms with E-state index in [4.69, 9.17) is 4.74 Å². The Balaban J connectivity index is 2.25. The van der Waals surface area contributed by atoms with Gasteiger partial charge in [-0.1, -0.05) is 25.1 Å². The summed E-state index contributed by atoms with van der Waals surface area (Å²) >= 11 is 0. The number of hydrogen-bond donors (Lipinski definition) is 1. The highest BCUT2D eigenvalue weighted by Gasteiger charge is 2.17. The summed E-state index contributed by atoms with van der Waals surface area (Å²) in [5.41, 5.74) is 1.95. The molecule has 0 saturated carbocycles. The molecule has 1 aromatic carbocycles. The lowest BCUT2D eigenvalue weighted by Crippen LogP contribution is -2.24. The number of ether oxygens (including phenoxy) is 1. The van der Waals surface area contributed by atoms with E-state index in [9.17, 15) is 4.39 Å². The van der Waals surface area contributed by atoms with Gasteiger partial charge in [-0.2, -0.15) is 0 Å². The fourth-order valence-corrected chi connectivity index (χ4v) is 2.35. The van der Waals surface area contributed by atoms with Gasteiger partial charge in [-0.25, -0.2) is 9.37 Å². The Morgan fingerprint density at radius 3 is 2.86 bits per heavy atom. The van der Waals surface area contributed by atoms with Crippen molar-refractivity contribution in [3.8, 4) is 5.88 Å². The number of aromatic nitrogens is 1. The van der Waals surface area contributed by atoms with Crippen molar-refractivity contribution in [3.63, 3.8) is 0 Å². The quantitative estimate of drug-likeness (QED) is 0.846. The van der Waals surface area contributed by atoms with E-state index in [-0.39, 0.29) is 11.9 Å². The highest BCUT2D eigenvalue weighted by atomic mass is 19.1. The normalized spacial score (nSPS) is 12.1. The molecule has 0 spiro atoms. The predicted octanol–water partition coefficient (Wildman–Crippen LogP) is 3.51. The summed E-state index contributed by atoms with van der Waals surface area (Å²) in [5.74, 6) is 0.405. The molecule has 0 saturated heterocycles. The van der Waals surface area contributed by atoms with Crippen LogP contribution in [0, 0.1) is 5.82 Å². The summed E-state index contributed by atoms with van der Waals surface area (Å²) in [5, 5.41) is 3.49. The topological polar surface area (TPSA) is 34.2 Å². The van der Waals surface area contributed by atoms with Crippen molar-refractivity contribution < 1.29 is 9.13 Å². The molecule has 21 heavy (non-hydrogen) atoms. The maximum atomic E-state index is 13.4. The van der Waals surface area contributed by atoms with Gasteiger partial charge in [0.25, 0.3) is 0 Å². The van der Waals surface area contributed by atoms with Crippen LogP contribution in [-0.4, -0.2) is 18.6 Å². The van der Waals surface area contributed by atoms with E-state index in [1.54, 1.807) is 25.4 Å². The molecule has 1 N–H and O–H groups in total. The Labute approximate surface area is 125 Å². The van der Waals surface area contributed by atoms with Gasteiger partial charge in [0.05, 0.1) is 7.11 Å². The largest absolute Gasteiger partial charge is 0.481 e. The SMILES string of the molecule is CCCNC(Cc1cccc(F)c1)c1cccnc1OC. The molecule has 0 aliphatic heterocycles. The van der Waals surface area contributed by atoms with Gasteiger partial charge in [0.2, 0.25) is 5.88 Å². The van der Waals surface area contributed by atoms with Gasteiger partial charge in [-0.15, -0.1) is 0 Å². The Morgan fingerprint density at radius 1 is 1.29 bits per heavy atom. The molecule has 1 aromatic heterocycles. The first-order chi connectivity index (χ1) is 10.2. The van der Waals surface area contributed by atoms with E-state index in [0.717, 1.165) is 24.1 Å². The molecule has 0 aliphatic rings. The number of nitrogens with one attached hydrogen (secondary N) is 1. The highest BCUT2D eigenvalue weighted by molar-refractivity contribution is 5.31. The first-order valence-corrected chi connectivity index (χ1v) is 7.21. The summed E-state index contributed by atoms with van der Waals surface area (Å²) < 4.78 is 18.7. The zero-order valence-electron chi connectivity index (χ0n) is 12.5. The molecule has 2 aromatic rings. The minimum Gasteiger partial charge on any atom is -0.481 e. The zero-order chi connectivity index (χ0) is 15.1. The fraction of sp³-hybridized carbons (Fsp3) is 0.353. The summed E-state index contributed by atoms with van der Waals surface area (Å²) in [7, 11) is 1.62. The van der Waals surface area contributed by atoms with Crippen LogP contribution in [0.25, 0.3) is 0 Å². The van der Waals surface area contributed by atoms with Crippen LogP contribution in [-0.2, 0) is 6.42 Å². The average molecular weight is 288 g/mol. The number of pyridine rings is 1. The summed E-state index contributed by atoms with van der Waals surface area (Å²) in [6.45, 7) is 3.00. The molecule has 0 radical (unpaired) electrons. The Kier molecular flexibility index (Phi) is 5.69. The standard InChI is InChI=1S/C17H21FN2O/c1-3-9-19-16(12-13-6-4-7-14(18)11-13)15-8-5-10-20-17(15)21-2/h4-8,10-11,16,19H,3,9,12H2,1-2H3. The Bertz CT molecular complexity index is 574. The maximum absolute atomic E-state index is 13.4. The summed E-state index contributed by atoms with van der Waals surface area (Å²) in [6, 6.07) is 10.7. The first kappa shape index (κ1) is 15.4. The van der Waals surface area contributed by atoms with E-state index in [1.165, 1.54) is 6.07 Å². The van der Waals surface area contributed by atoms with Crippen molar-refractivity contribution >= 4 is 0 Å². The van der Waals surface area contributed by atoms with Crippen LogP contribution in [0.1, 0.15) is 30.5 Å². The minimum absolute atomic E-state index is 0.0513. The van der Waals surface area contributed by atoms with Gasteiger partial charge in [-0.05, 0) is 43.1 Å². The maximum Gasteiger partial charge on any atom is 0.217 e. The average Bonchev–Trinajstić information content (AvgIpc) is 2.51. The van der Waals surface area contributed by atoms with Gasteiger partial charge in [0.15, 0.2) is 0 Å². The van der Waals surface area contributed by atoms with E-state index in [0.29, 0.717) is 12.3 Å². The number of rotatable bonds is 7. The second kappa shape index (κ2) is 7.74. The number of nitrogens with zero attached hydrogens (tertiary/aromatic N) is 1. The van der Waals surface area contributed by atoms with Crippen LogP contribution in [0.2, 0.25) is 0 Å². The van der Waals surface area contributed by atoms with Crippen molar-refractivity contribution in [2.75, 3.05) is 13.7 Å². The molecule has 112 valence electrons. The lowest BCUT2D eigenvalue weighted by Gasteiger charge is -2.20. The zero-order valence-corrected chi connectivity index (χ0v) is 12.5. The number of hydrogen-bond acceptors (Lipinski definition) is 3. The third-order valence-electron chi connectivity index (χ3n) is 3.34. The smallest absolute Gasteiger partial charge is 0.217 e. The van der Waals surface area contributed by atoms with Gasteiger partial charge < -0.3 is 10.1 Å². The lowest BCUT2D eigenvalue weighted by atomic mass is 9.99. The van der Waals surface area contributed by atoms with Crippen LogP contribution in [0.5, 0.6) is 5.88 Å². The predicted molar refractivity (Wildman–Crippen MR) is 81.9 cm³/mol. The summed E-state index contributed by atoms with van der Waals surface area (Å²) in [6.07, 6.45) is 3.43. The van der Waals surface area contributed by atoms with Gasteiger partial charge in [0, 0.05) is 17.8 Å². The van der Waals surface area contributed by atoms with E-state index >= 15 is 0 Å². The molecule has 1 unspecified atom stereocenters. The molecule has 0 aliphatic carbocycles. The molecule has 2 rings (SSSR count). The third-order valence-corrected chi connectivity index (χ3v) is 3.34. The van der Waals surface area contributed by atoms with E-state index in [2.05, 4.69) is 17.2 Å². The lowest BCUT2D eigenvalue weighted by molar-refractivity contribution is 0.381. The molecule has 0 fully saturated rings. The van der Waals surface area contributed by atoms with Crippen LogP contribution < -0.4 is 10.1 Å². The van der Waals surface area contributed by atoms with E-state index in [1.807, 2.05) is 18.2 Å². The molecule has 4 heteroatoms. The van der Waals surface area contributed by atoms with Crippen molar-refractivity contribution in [1.82, 2.24) is 10.3 Å².